The van der Waals surface area contributed by atoms with Crippen LogP contribution in [0.15, 0.2) is 36.7 Å². The Kier molecular flexibility index (Phi) is 3.18. The minimum atomic E-state index is -0.523. The highest BCUT2D eigenvalue weighted by Gasteiger charge is 2.29. The highest BCUT2D eigenvalue weighted by atomic mass is 16.1. The van der Waals surface area contributed by atoms with E-state index in [1.165, 1.54) is 0 Å². The maximum Gasteiger partial charge on any atom is 0.182 e. The third-order valence-electron chi connectivity index (χ3n) is 3.15. The molecule has 0 aliphatic rings. The van der Waals surface area contributed by atoms with Crippen molar-refractivity contribution in [2.24, 2.45) is 11.1 Å². The Morgan fingerprint density at radius 3 is 2.56 bits per heavy atom. The molecule has 0 bridgehead atoms. The van der Waals surface area contributed by atoms with E-state index in [2.05, 4.69) is 4.98 Å². The molecule has 0 radical (unpaired) electrons. The number of nitrogens with two attached hydrogens (primary N) is 1. The molecule has 1 aromatic carbocycles. The zero-order valence-corrected chi connectivity index (χ0v) is 11.0. The van der Waals surface area contributed by atoms with Crippen molar-refractivity contribution in [1.82, 2.24) is 4.98 Å². The van der Waals surface area contributed by atoms with Gasteiger partial charge in [-0.2, -0.15) is 0 Å². The monoisotopic (exact) mass is 242 g/mol. The van der Waals surface area contributed by atoms with Gasteiger partial charge in [0, 0.05) is 23.3 Å². The number of nitrogens with zero attached hydrogens (tertiary/aromatic N) is 1. The van der Waals surface area contributed by atoms with E-state index in [9.17, 15) is 4.79 Å². The van der Waals surface area contributed by atoms with Crippen molar-refractivity contribution in [3.05, 3.63) is 42.2 Å². The molecule has 1 aromatic heterocycles. The van der Waals surface area contributed by atoms with E-state index in [-0.39, 0.29) is 11.2 Å². The fourth-order valence-corrected chi connectivity index (χ4v) is 1.87. The Morgan fingerprint density at radius 1 is 1.22 bits per heavy atom. The third-order valence-corrected chi connectivity index (χ3v) is 3.15. The van der Waals surface area contributed by atoms with Gasteiger partial charge in [0.2, 0.25) is 0 Å². The van der Waals surface area contributed by atoms with Gasteiger partial charge in [-0.15, -0.1) is 0 Å². The van der Waals surface area contributed by atoms with Gasteiger partial charge in [0.1, 0.15) is 0 Å². The Labute approximate surface area is 107 Å². The van der Waals surface area contributed by atoms with E-state index in [1.807, 2.05) is 45.0 Å². The number of aromatic nitrogens is 1. The van der Waals surface area contributed by atoms with Crippen LogP contribution in [0.25, 0.3) is 10.8 Å². The van der Waals surface area contributed by atoms with Crippen molar-refractivity contribution in [3.8, 4) is 0 Å². The summed E-state index contributed by atoms with van der Waals surface area (Å²) in [4.78, 5) is 16.6. The second kappa shape index (κ2) is 4.50. The molecule has 2 N–H and O–H groups in total. The molecule has 0 spiro atoms. The molecule has 3 heteroatoms. The average molecular weight is 242 g/mol. The van der Waals surface area contributed by atoms with Crippen LogP contribution in [-0.2, 0) is 0 Å². The number of pyridine rings is 1. The number of ketones is 1. The summed E-state index contributed by atoms with van der Waals surface area (Å²) in [6, 6.07) is 7.20. The van der Waals surface area contributed by atoms with Crippen LogP contribution in [0.5, 0.6) is 0 Å². The van der Waals surface area contributed by atoms with Crippen LogP contribution in [0.1, 0.15) is 31.1 Å². The van der Waals surface area contributed by atoms with Crippen LogP contribution in [-0.4, -0.2) is 16.8 Å². The van der Waals surface area contributed by atoms with Gasteiger partial charge >= 0.3 is 0 Å². The number of hydrogen-bond acceptors (Lipinski definition) is 3. The van der Waals surface area contributed by atoms with Crippen molar-refractivity contribution < 1.29 is 4.79 Å². The molecule has 1 atom stereocenters. The number of rotatable bonds is 2. The quantitative estimate of drug-likeness (QED) is 0.824. The van der Waals surface area contributed by atoms with Gasteiger partial charge in [0.25, 0.3) is 0 Å². The summed E-state index contributed by atoms with van der Waals surface area (Å²) in [5.41, 5.74) is 6.39. The average Bonchev–Trinajstić information content (AvgIpc) is 2.35. The van der Waals surface area contributed by atoms with Gasteiger partial charge in [-0.3, -0.25) is 9.78 Å². The lowest BCUT2D eigenvalue weighted by atomic mass is 9.82. The van der Waals surface area contributed by atoms with E-state index < -0.39 is 6.04 Å². The lowest BCUT2D eigenvalue weighted by molar-refractivity contribution is 0.0902. The Hall–Kier alpha value is -1.74. The highest BCUT2D eigenvalue weighted by Crippen LogP contribution is 2.24. The molecule has 0 saturated carbocycles. The molecule has 1 unspecified atom stereocenters. The predicted molar refractivity (Wildman–Crippen MR) is 73.5 cm³/mol. The summed E-state index contributed by atoms with van der Waals surface area (Å²) in [6.45, 7) is 5.90. The second-order valence-electron chi connectivity index (χ2n) is 5.62. The molecule has 0 aliphatic carbocycles. The third kappa shape index (κ3) is 2.27. The Morgan fingerprint density at radius 2 is 1.89 bits per heavy atom. The number of Topliss-reactive ketones (excluding diaryl/α,β-unsaturated/α-hetero) is 1. The summed E-state index contributed by atoms with van der Waals surface area (Å²) in [5, 5.41) is 1.88. The minimum absolute atomic E-state index is 0.0493. The summed E-state index contributed by atoms with van der Waals surface area (Å²) in [5.74, 6) is -0.0493. The molecule has 0 saturated heterocycles. The lowest BCUT2D eigenvalue weighted by Gasteiger charge is -2.25. The van der Waals surface area contributed by atoms with E-state index in [4.69, 9.17) is 5.73 Å². The van der Waals surface area contributed by atoms with Gasteiger partial charge in [0.15, 0.2) is 5.78 Å². The zero-order valence-electron chi connectivity index (χ0n) is 11.0. The molecule has 0 amide bonds. The summed E-state index contributed by atoms with van der Waals surface area (Å²) < 4.78 is 0. The van der Waals surface area contributed by atoms with Gasteiger partial charge in [-0.1, -0.05) is 45.0 Å². The van der Waals surface area contributed by atoms with E-state index in [0.29, 0.717) is 5.56 Å². The molecule has 94 valence electrons. The normalized spacial score (nSPS) is 13.6. The van der Waals surface area contributed by atoms with Gasteiger partial charge in [0.05, 0.1) is 6.04 Å². The first kappa shape index (κ1) is 12.7. The van der Waals surface area contributed by atoms with Crippen LogP contribution in [0, 0.1) is 5.41 Å². The summed E-state index contributed by atoms with van der Waals surface area (Å²) in [7, 11) is 0. The standard InChI is InChI=1S/C15H18N2O/c1-15(2,3)14(16)13(18)12-9-17-8-10-6-4-5-7-11(10)12/h4-9,14H,16H2,1-3H3. The molecule has 1 heterocycles. The molecular weight excluding hydrogens is 224 g/mol. The van der Waals surface area contributed by atoms with Gasteiger partial charge < -0.3 is 5.73 Å². The fraction of sp³-hybridized carbons (Fsp3) is 0.333. The van der Waals surface area contributed by atoms with Crippen LogP contribution >= 0.6 is 0 Å². The molecule has 2 aromatic rings. The largest absolute Gasteiger partial charge is 0.321 e. The second-order valence-corrected chi connectivity index (χ2v) is 5.62. The SMILES string of the molecule is CC(C)(C)C(N)C(=O)c1cncc2ccccc12. The van der Waals surface area contributed by atoms with Crippen LogP contribution in [0.4, 0.5) is 0 Å². The first-order chi connectivity index (χ1) is 8.41. The Balaban J connectivity index is 2.52. The number of carbonyl (C=O) groups is 1. The minimum Gasteiger partial charge on any atom is -0.321 e. The summed E-state index contributed by atoms with van der Waals surface area (Å²) >= 11 is 0. The van der Waals surface area contributed by atoms with Gasteiger partial charge in [-0.25, -0.2) is 0 Å². The van der Waals surface area contributed by atoms with Crippen molar-refractivity contribution in [1.29, 1.82) is 0 Å². The Bertz CT molecular complexity index is 579. The first-order valence-electron chi connectivity index (χ1n) is 6.04. The van der Waals surface area contributed by atoms with Crippen molar-refractivity contribution in [2.75, 3.05) is 0 Å². The molecule has 0 aliphatic heterocycles. The maximum atomic E-state index is 12.4. The maximum absolute atomic E-state index is 12.4. The number of fused-ring (bicyclic) bond motifs is 1. The smallest absolute Gasteiger partial charge is 0.182 e. The van der Waals surface area contributed by atoms with Gasteiger partial charge in [-0.05, 0) is 10.8 Å². The molecule has 18 heavy (non-hydrogen) atoms. The molecular formula is C15H18N2O. The van der Waals surface area contributed by atoms with Crippen molar-refractivity contribution in [2.45, 2.75) is 26.8 Å². The summed E-state index contributed by atoms with van der Waals surface area (Å²) in [6.07, 6.45) is 3.37. The van der Waals surface area contributed by atoms with E-state index >= 15 is 0 Å². The number of benzene rings is 1. The molecule has 2 rings (SSSR count). The lowest BCUT2D eigenvalue weighted by Crippen LogP contribution is -2.42. The fourth-order valence-electron chi connectivity index (χ4n) is 1.87. The number of hydrogen-bond donors (Lipinski definition) is 1. The van der Waals surface area contributed by atoms with E-state index in [1.54, 1.807) is 12.4 Å². The first-order valence-corrected chi connectivity index (χ1v) is 6.04. The highest BCUT2D eigenvalue weighted by molar-refractivity contribution is 6.10. The van der Waals surface area contributed by atoms with Crippen LogP contribution < -0.4 is 5.73 Å². The van der Waals surface area contributed by atoms with E-state index in [0.717, 1.165) is 10.8 Å². The topological polar surface area (TPSA) is 56.0 Å². The van der Waals surface area contributed by atoms with Crippen LogP contribution in [0.2, 0.25) is 0 Å². The molecule has 0 fully saturated rings. The van der Waals surface area contributed by atoms with Crippen molar-refractivity contribution >= 4 is 16.6 Å². The molecule has 3 nitrogen and oxygen atoms in total. The van der Waals surface area contributed by atoms with Crippen LogP contribution in [0.3, 0.4) is 0 Å². The zero-order chi connectivity index (χ0) is 13.3. The number of carbonyl (C=O) groups excluding carboxylic acids is 1. The van der Waals surface area contributed by atoms with Crippen molar-refractivity contribution in [3.63, 3.8) is 0 Å². The predicted octanol–water partition coefficient (Wildman–Crippen LogP) is 2.79.